The lowest BCUT2D eigenvalue weighted by atomic mass is 9.52. The lowest BCUT2D eigenvalue weighted by Gasteiger charge is -2.60. The van der Waals surface area contributed by atoms with Crippen LogP contribution in [0.3, 0.4) is 0 Å². The fourth-order valence-corrected chi connectivity index (χ4v) is 16.6. The second kappa shape index (κ2) is 40.4. The highest BCUT2D eigenvalue weighted by Gasteiger charge is 3.04. The average Bonchev–Trinajstić information content (AvgIpc) is 1.46. The van der Waals surface area contributed by atoms with Crippen molar-refractivity contribution in [2.24, 2.45) is 35.5 Å². The molecule has 0 aromatic heterocycles. The number of hydrogen-bond acceptors (Lipinski definition) is 20. The third-order valence-electron chi connectivity index (χ3n) is 20.8. The summed E-state index contributed by atoms with van der Waals surface area (Å²) in [6.45, 7) is 39.7. The van der Waals surface area contributed by atoms with Gasteiger partial charge in [-0.3, -0.25) is 0 Å². The summed E-state index contributed by atoms with van der Waals surface area (Å²) >= 11 is 0. The van der Waals surface area contributed by atoms with Gasteiger partial charge in [0.05, 0.1) is 18.8 Å². The largest absolute Gasteiger partial charge is 0.490 e. The second-order valence-corrected chi connectivity index (χ2v) is 31.2. The number of fused-ring (bicyclic) bond motifs is 5. The number of carbonyl (C=O) groups excluding carboxylic acids is 8. The number of benzene rings is 2. The van der Waals surface area contributed by atoms with Crippen molar-refractivity contribution in [3.05, 3.63) is 151 Å². The molecule has 11 aliphatic carbocycles. The summed E-state index contributed by atoms with van der Waals surface area (Å²) in [5.41, 5.74) is -8.79. The molecule has 0 amide bonds. The van der Waals surface area contributed by atoms with Gasteiger partial charge >= 0.3 is 71.7 Å². The maximum Gasteiger partial charge on any atom is 0.490 e. The molecule has 13 rings (SSSR count). The third-order valence-corrected chi connectivity index (χ3v) is 20.8. The van der Waals surface area contributed by atoms with E-state index in [-0.39, 0.29) is 77.1 Å². The molecule has 0 heterocycles. The Morgan fingerprint density at radius 2 is 0.809 bits per heavy atom. The van der Waals surface area contributed by atoms with Crippen LogP contribution in [0.2, 0.25) is 0 Å². The summed E-state index contributed by atoms with van der Waals surface area (Å²) < 4.78 is 211. The number of para-hydroxylation sites is 1. The molecule has 0 N–H and O–H groups in total. The van der Waals surface area contributed by atoms with Crippen molar-refractivity contribution in [3.8, 4) is 5.75 Å². The van der Waals surface area contributed by atoms with Crippen molar-refractivity contribution >= 4 is 47.8 Å². The van der Waals surface area contributed by atoms with Gasteiger partial charge in [0, 0.05) is 77.9 Å². The van der Waals surface area contributed by atoms with E-state index in [1.54, 1.807) is 48.8 Å². The molecule has 11 fully saturated rings. The average molecular weight is 1650 g/mol. The molecule has 0 spiro atoms. The molecule has 115 heavy (non-hydrogen) atoms. The van der Waals surface area contributed by atoms with Gasteiger partial charge in [0.1, 0.15) is 61.9 Å². The van der Waals surface area contributed by atoms with E-state index in [0.29, 0.717) is 105 Å². The Morgan fingerprint density at radius 1 is 0.426 bits per heavy atom. The highest BCUT2D eigenvalue weighted by atomic mass is 19.4. The van der Waals surface area contributed by atoms with Crippen molar-refractivity contribution in [3.63, 3.8) is 0 Å². The molecule has 2 aromatic rings. The smallest absolute Gasteiger partial charge is 0.490 e. The van der Waals surface area contributed by atoms with Crippen LogP contribution in [0.15, 0.2) is 146 Å². The molecule has 2 aromatic carbocycles. The zero-order chi connectivity index (χ0) is 86.7. The molecule has 31 heteroatoms. The van der Waals surface area contributed by atoms with Gasteiger partial charge in [-0.25, -0.2) is 47.1 Å². The van der Waals surface area contributed by atoms with Gasteiger partial charge in [0.25, 0.3) is 0 Å². The Bertz CT molecular complexity index is 3780. The molecule has 11 saturated carbocycles. The van der Waals surface area contributed by atoms with E-state index < -0.39 is 95.2 Å². The van der Waals surface area contributed by atoms with Crippen molar-refractivity contribution in [1.29, 1.82) is 0 Å². The van der Waals surface area contributed by atoms with Crippen LogP contribution in [0.4, 0.5) is 48.3 Å². The molecule has 10 bridgehead atoms. The molecule has 0 aliphatic heterocycles. The van der Waals surface area contributed by atoms with Crippen LogP contribution in [0.1, 0.15) is 164 Å². The van der Waals surface area contributed by atoms with Crippen LogP contribution in [0.25, 0.3) is 0 Å². The highest BCUT2D eigenvalue weighted by Crippen LogP contribution is 2.79. The van der Waals surface area contributed by atoms with E-state index in [0.717, 1.165) is 62.7 Å². The minimum absolute atomic E-state index is 0.121. The first kappa shape index (κ1) is 96.9. The summed E-state index contributed by atoms with van der Waals surface area (Å²) in [4.78, 5) is 89.9. The van der Waals surface area contributed by atoms with Crippen molar-refractivity contribution in [1.82, 2.24) is 0 Å². The van der Waals surface area contributed by atoms with Gasteiger partial charge in [-0.15, -0.1) is 0 Å². The van der Waals surface area contributed by atoms with Gasteiger partial charge in [-0.2, -0.15) is 39.5 Å². The summed E-state index contributed by atoms with van der Waals surface area (Å²) in [6, 6.07) is 18.9. The topological polar surface area (TPSA) is 247 Å². The van der Waals surface area contributed by atoms with Crippen LogP contribution in [0, 0.1) is 35.5 Å². The number of carbonyl (C=O) groups is 8. The van der Waals surface area contributed by atoms with E-state index in [4.69, 9.17) is 42.6 Å². The standard InChI is InChI=1S/C16H19F3O4.C16H24O4.C14H12F8O2.C12H14O3.C11H12O2.C8H14O2.C7H12O3/c1-9(2)12(20)22-14-4-10-3-11(5-14)7-15(6-10,8-14)23-13(21)16(17,18)19;1-11(2)14(17)20-16-7-12-4-13(8-16)6-15(5-12,9-16)19-10-18-3;1-5(2)9(23)24-8-4-6-3-7(8)11(16)10(6,15)12(17,18)14(21,22)13(11,19)20;1-10(2)12(13)15-9-8-14-11-6-4-3-5-7-11;1-9(2)11(12)13-8-10-6-4-3-5-7-10;1-4-5-6-10-8(9)7(2)3;1-6(2)7(8)10-5-4-9-3/h10-11H,1,3-8H2,2H3;12-13H,1,4-10H2,2-3H3;6-8H,1,3-4H2,2H3;3-7H,1,8-9H2,2H3;3-7H,1,8H2,2H3;2,4-6H2,1,3H3;1,4-5H2,2-3H3. The Kier molecular flexibility index (Phi) is 34.1. The maximum atomic E-state index is 14.9. The van der Waals surface area contributed by atoms with Crippen LogP contribution < -0.4 is 4.74 Å². The molecule has 0 radical (unpaired) electrons. The zero-order valence-electron chi connectivity index (χ0n) is 66.9. The fraction of sp³-hybridized carbons (Fsp3) is 0.595. The van der Waals surface area contributed by atoms with Crippen LogP contribution in [-0.4, -0.2) is 166 Å². The van der Waals surface area contributed by atoms with Gasteiger partial charge in [0.2, 0.25) is 11.3 Å². The minimum Gasteiger partial charge on any atom is -0.490 e. The molecular weight excluding hydrogens is 1540 g/mol. The third kappa shape index (κ3) is 24.0. The predicted molar refractivity (Wildman–Crippen MR) is 398 cm³/mol. The summed E-state index contributed by atoms with van der Waals surface area (Å²) in [5.74, 6) is -25.7. The van der Waals surface area contributed by atoms with Crippen molar-refractivity contribution in [2.45, 2.75) is 229 Å². The monoisotopic (exact) mass is 1640 g/mol. The Morgan fingerprint density at radius 3 is 1.22 bits per heavy atom. The number of halogens is 11. The first-order chi connectivity index (χ1) is 53.4. The highest BCUT2D eigenvalue weighted by molar-refractivity contribution is 5.89. The quantitative estimate of drug-likeness (QED) is 0.0212. The summed E-state index contributed by atoms with van der Waals surface area (Å²) in [5, 5.41) is 0. The number of alkyl halides is 11. The predicted octanol–water partition coefficient (Wildman–Crippen LogP) is 17.1. The van der Waals surface area contributed by atoms with Gasteiger partial charge in [-0.1, -0.05) is 108 Å². The summed E-state index contributed by atoms with van der Waals surface area (Å²) in [6.07, 6.45) is 2.98. The van der Waals surface area contributed by atoms with E-state index in [2.05, 4.69) is 67.2 Å². The molecule has 0 saturated heterocycles. The maximum absolute atomic E-state index is 14.9. The van der Waals surface area contributed by atoms with Crippen molar-refractivity contribution < 1.29 is 143 Å². The molecule has 640 valence electrons. The summed E-state index contributed by atoms with van der Waals surface area (Å²) in [7, 11) is 3.20. The molecule has 11 aliphatic rings. The Hall–Kier alpha value is -8.71. The lowest BCUT2D eigenvalue weighted by Crippen LogP contribution is -2.63. The van der Waals surface area contributed by atoms with E-state index in [9.17, 15) is 86.7 Å². The Labute approximate surface area is 663 Å². The minimum atomic E-state index is -6.20. The van der Waals surface area contributed by atoms with Gasteiger partial charge in [-0.05, 0) is 173 Å². The van der Waals surface area contributed by atoms with E-state index >= 15 is 0 Å². The number of rotatable bonds is 26. The fourth-order valence-electron chi connectivity index (χ4n) is 16.6. The van der Waals surface area contributed by atoms with Crippen molar-refractivity contribution in [2.75, 3.05) is 54.0 Å². The Balaban J connectivity index is 0.000000246. The number of unbranched alkanes of at least 4 members (excludes halogenated alkanes) is 1. The second-order valence-electron chi connectivity index (χ2n) is 31.2. The SMILES string of the molecule is C=C(C)C(=O)OC12CC3CC(C1)CC(OC(=O)C(F)(F)F)(C3)C2.C=C(C)C(=O)OC12CC3CC(CC(OCOC)(C3)C1)C2.C=C(C)C(=O)OC1CC2CC1C1(F)C(F)(F)C(F)(F)C(F)(F)C21F.C=C(C)C(=O)OCCCC.C=C(C)C(=O)OCCOC.C=C(C)C(=O)OCCOc1ccccc1.C=C(C)C(=O)OCc1ccccc1. The lowest BCUT2D eigenvalue weighted by molar-refractivity contribution is -0.298. The molecule has 9 unspecified atom stereocenters. The molecule has 20 nitrogen and oxygen atoms in total. The van der Waals surface area contributed by atoms with E-state index in [1.807, 2.05) is 60.7 Å². The molecule has 9 atom stereocenters. The first-order valence-corrected chi connectivity index (χ1v) is 37.5. The molecular formula is C84H107F11O20. The number of methoxy groups -OCH3 is 2. The van der Waals surface area contributed by atoms with Gasteiger partial charge < -0.3 is 56.8 Å². The number of esters is 8. The normalized spacial score (nSPS) is 28.5. The zero-order valence-corrected chi connectivity index (χ0v) is 66.9. The van der Waals surface area contributed by atoms with Crippen LogP contribution in [0.5, 0.6) is 5.75 Å². The van der Waals surface area contributed by atoms with E-state index in [1.165, 1.54) is 20.3 Å². The van der Waals surface area contributed by atoms with Gasteiger partial charge in [0.15, 0.2) is 0 Å². The van der Waals surface area contributed by atoms with Crippen LogP contribution in [-0.2, 0) is 97.1 Å². The number of hydrogen-bond donors (Lipinski definition) is 0. The number of ether oxygens (including phenoxy) is 12. The van der Waals surface area contributed by atoms with Crippen LogP contribution >= 0.6 is 0 Å². The first-order valence-electron chi connectivity index (χ1n) is 37.5.